The van der Waals surface area contributed by atoms with E-state index in [2.05, 4.69) is 16.9 Å². The van der Waals surface area contributed by atoms with E-state index in [1.807, 2.05) is 0 Å². The number of rotatable bonds is 3. The van der Waals surface area contributed by atoms with E-state index < -0.39 is 5.25 Å². The number of esters is 1. The molecule has 2 aromatic rings. The van der Waals surface area contributed by atoms with Crippen LogP contribution in [-0.4, -0.2) is 28.3 Å². The third-order valence-corrected chi connectivity index (χ3v) is 6.08. The lowest BCUT2D eigenvalue weighted by Crippen LogP contribution is -2.17. The summed E-state index contributed by atoms with van der Waals surface area (Å²) in [5, 5.41) is 0.809. The van der Waals surface area contributed by atoms with Crippen LogP contribution >= 0.6 is 23.1 Å². The van der Waals surface area contributed by atoms with Gasteiger partial charge in [-0.05, 0) is 37.7 Å². The number of nitrogens with one attached hydrogen (secondary N) is 1. The van der Waals surface area contributed by atoms with E-state index in [4.69, 9.17) is 4.74 Å². The van der Waals surface area contributed by atoms with Crippen molar-refractivity contribution in [1.29, 1.82) is 0 Å². The molecule has 2 atom stereocenters. The topological polar surface area (TPSA) is 72.0 Å². The van der Waals surface area contributed by atoms with E-state index >= 15 is 0 Å². The number of fused-ring (bicyclic) bond motifs is 3. The van der Waals surface area contributed by atoms with Crippen molar-refractivity contribution in [1.82, 2.24) is 9.97 Å². The highest BCUT2D eigenvalue weighted by Crippen LogP contribution is 2.36. The molecule has 118 valence electrons. The van der Waals surface area contributed by atoms with Crippen molar-refractivity contribution in [2.45, 2.75) is 43.5 Å². The third kappa shape index (κ3) is 2.79. The summed E-state index contributed by atoms with van der Waals surface area (Å²) in [5.74, 6) is 0.333. The van der Waals surface area contributed by atoms with Crippen LogP contribution in [0.2, 0.25) is 0 Å². The number of methoxy groups -OCH3 is 1. The number of hydrogen-bond acceptors (Lipinski definition) is 6. The number of thiophene rings is 1. The van der Waals surface area contributed by atoms with Crippen molar-refractivity contribution in [2.75, 3.05) is 7.11 Å². The van der Waals surface area contributed by atoms with E-state index in [-0.39, 0.29) is 11.5 Å². The Morgan fingerprint density at radius 2 is 2.32 bits per heavy atom. The molecule has 0 spiro atoms. The lowest BCUT2D eigenvalue weighted by atomic mass is 9.89. The average Bonchev–Trinajstić information content (AvgIpc) is 2.83. The Kier molecular flexibility index (Phi) is 4.27. The second-order valence-electron chi connectivity index (χ2n) is 5.69. The number of aromatic nitrogens is 2. The fraction of sp³-hybridized carbons (Fsp3) is 0.533. The smallest absolute Gasteiger partial charge is 0.318 e. The molecule has 22 heavy (non-hydrogen) atoms. The molecule has 0 aliphatic heterocycles. The van der Waals surface area contributed by atoms with E-state index in [1.54, 1.807) is 18.3 Å². The van der Waals surface area contributed by atoms with Crippen molar-refractivity contribution >= 4 is 39.3 Å². The molecule has 1 aliphatic rings. The van der Waals surface area contributed by atoms with Gasteiger partial charge in [0, 0.05) is 4.88 Å². The lowest BCUT2D eigenvalue weighted by molar-refractivity contribution is -0.139. The number of ether oxygens (including phenoxy) is 1. The van der Waals surface area contributed by atoms with Crippen LogP contribution in [0.1, 0.15) is 30.7 Å². The Morgan fingerprint density at radius 3 is 3.05 bits per heavy atom. The molecule has 2 heterocycles. The molecular weight excluding hydrogens is 320 g/mol. The third-order valence-electron chi connectivity index (χ3n) is 3.97. The highest BCUT2D eigenvalue weighted by molar-refractivity contribution is 8.00. The van der Waals surface area contributed by atoms with E-state index in [1.165, 1.54) is 29.3 Å². The van der Waals surface area contributed by atoms with Gasteiger partial charge in [0.15, 0.2) is 5.16 Å². The summed E-state index contributed by atoms with van der Waals surface area (Å²) in [4.78, 5) is 33.3. The van der Waals surface area contributed by atoms with Gasteiger partial charge < -0.3 is 9.72 Å². The van der Waals surface area contributed by atoms with Crippen LogP contribution in [0.4, 0.5) is 0 Å². The quantitative estimate of drug-likeness (QED) is 0.529. The van der Waals surface area contributed by atoms with Crippen LogP contribution in [0, 0.1) is 5.92 Å². The van der Waals surface area contributed by atoms with Gasteiger partial charge in [-0.25, -0.2) is 4.98 Å². The fourth-order valence-electron chi connectivity index (χ4n) is 2.77. The van der Waals surface area contributed by atoms with Gasteiger partial charge in [0.1, 0.15) is 10.1 Å². The molecule has 5 nitrogen and oxygen atoms in total. The number of nitrogens with zero attached hydrogens (tertiary/aromatic N) is 1. The molecule has 2 aromatic heterocycles. The van der Waals surface area contributed by atoms with Crippen LogP contribution in [0.15, 0.2) is 9.95 Å². The molecule has 1 N–H and O–H groups in total. The minimum absolute atomic E-state index is 0.100. The van der Waals surface area contributed by atoms with Gasteiger partial charge in [-0.1, -0.05) is 18.7 Å². The number of carbonyl (C=O) groups excluding carboxylic acids is 1. The summed E-state index contributed by atoms with van der Waals surface area (Å²) in [7, 11) is 1.35. The molecule has 0 saturated heterocycles. The molecule has 0 unspecified atom stereocenters. The van der Waals surface area contributed by atoms with Crippen molar-refractivity contribution in [3.63, 3.8) is 0 Å². The zero-order valence-corrected chi connectivity index (χ0v) is 14.4. The molecule has 0 bridgehead atoms. The molecule has 0 aromatic carbocycles. The monoisotopic (exact) mass is 338 g/mol. The van der Waals surface area contributed by atoms with Crippen molar-refractivity contribution in [3.05, 3.63) is 20.8 Å². The predicted molar refractivity (Wildman–Crippen MR) is 88.8 cm³/mol. The zero-order valence-electron chi connectivity index (χ0n) is 12.8. The zero-order chi connectivity index (χ0) is 15.9. The largest absolute Gasteiger partial charge is 0.468 e. The van der Waals surface area contributed by atoms with Crippen molar-refractivity contribution in [3.8, 4) is 0 Å². The number of H-pyrrole nitrogens is 1. The molecule has 1 aliphatic carbocycles. The Labute approximate surface area is 136 Å². The van der Waals surface area contributed by atoms with E-state index in [0.717, 1.165) is 29.5 Å². The highest BCUT2D eigenvalue weighted by Gasteiger charge is 2.24. The number of thioether (sulfide) groups is 1. The molecule has 0 amide bonds. The first-order valence-corrected chi connectivity index (χ1v) is 8.98. The van der Waals surface area contributed by atoms with Crippen LogP contribution in [0.3, 0.4) is 0 Å². The number of carbonyl (C=O) groups is 1. The van der Waals surface area contributed by atoms with Crippen LogP contribution in [-0.2, 0) is 22.4 Å². The highest BCUT2D eigenvalue weighted by atomic mass is 32.2. The minimum Gasteiger partial charge on any atom is -0.468 e. The number of aryl methyl sites for hydroxylation is 1. The second kappa shape index (κ2) is 6.04. The van der Waals surface area contributed by atoms with Crippen LogP contribution < -0.4 is 5.56 Å². The Hall–Kier alpha value is -1.34. The van der Waals surface area contributed by atoms with Gasteiger partial charge >= 0.3 is 5.97 Å². The summed E-state index contributed by atoms with van der Waals surface area (Å²) in [5.41, 5.74) is 1.07. The standard InChI is InChI=1S/C15H18N2O3S2/c1-7-4-5-9-10(6-7)22-13-11(9)12(18)16-15(17-13)21-8(2)14(19)20-3/h7-8H,4-6H2,1-3H3,(H,16,17,18)/t7-,8-/m1/s1. The predicted octanol–water partition coefficient (Wildman–Crippen LogP) is 2.76. The summed E-state index contributed by atoms with van der Waals surface area (Å²) < 4.78 is 4.70. The Morgan fingerprint density at radius 1 is 1.55 bits per heavy atom. The maximum Gasteiger partial charge on any atom is 0.318 e. The molecule has 3 rings (SSSR count). The van der Waals surface area contributed by atoms with E-state index in [9.17, 15) is 9.59 Å². The van der Waals surface area contributed by atoms with Gasteiger partial charge in [0.05, 0.1) is 12.5 Å². The van der Waals surface area contributed by atoms with Gasteiger partial charge in [0.25, 0.3) is 5.56 Å². The molecule has 7 heteroatoms. The van der Waals surface area contributed by atoms with Crippen molar-refractivity contribution in [2.24, 2.45) is 5.92 Å². The van der Waals surface area contributed by atoms with Crippen LogP contribution in [0.5, 0.6) is 0 Å². The average molecular weight is 338 g/mol. The van der Waals surface area contributed by atoms with Crippen molar-refractivity contribution < 1.29 is 9.53 Å². The van der Waals surface area contributed by atoms with Crippen LogP contribution in [0.25, 0.3) is 10.2 Å². The lowest BCUT2D eigenvalue weighted by Gasteiger charge is -2.17. The van der Waals surface area contributed by atoms with Gasteiger partial charge in [-0.15, -0.1) is 11.3 Å². The summed E-state index contributed by atoms with van der Waals surface area (Å²) in [6, 6.07) is 0. The summed E-state index contributed by atoms with van der Waals surface area (Å²) in [6.45, 7) is 3.98. The van der Waals surface area contributed by atoms with Gasteiger partial charge in [0.2, 0.25) is 0 Å². The summed E-state index contributed by atoms with van der Waals surface area (Å²) in [6.07, 6.45) is 3.09. The Bertz CT molecular complexity index is 781. The first-order chi connectivity index (χ1) is 10.5. The molecule has 0 saturated carbocycles. The molecule has 0 radical (unpaired) electrons. The summed E-state index contributed by atoms with van der Waals surface area (Å²) >= 11 is 2.83. The Balaban J connectivity index is 1.99. The van der Waals surface area contributed by atoms with Gasteiger partial charge in [-0.2, -0.15) is 0 Å². The maximum absolute atomic E-state index is 12.4. The first kappa shape index (κ1) is 15.6. The normalized spacial score (nSPS) is 19.0. The van der Waals surface area contributed by atoms with Gasteiger partial charge in [-0.3, -0.25) is 9.59 Å². The second-order valence-corrected chi connectivity index (χ2v) is 8.10. The molecular formula is C15H18N2O3S2. The SMILES string of the molecule is COC(=O)[C@@H](C)Sc1nc2sc3c(c2c(=O)[nH]1)CC[C@@H](C)C3. The first-order valence-electron chi connectivity index (χ1n) is 7.28. The number of hydrogen-bond donors (Lipinski definition) is 1. The minimum atomic E-state index is -0.403. The van der Waals surface area contributed by atoms with E-state index in [0.29, 0.717) is 11.1 Å². The molecule has 0 fully saturated rings. The number of aromatic amines is 1. The fourth-order valence-corrected chi connectivity index (χ4v) is 5.03. The maximum atomic E-state index is 12.4.